The molecule has 4 heteroatoms. The quantitative estimate of drug-likeness (QED) is 0.827. The molecule has 106 valence electrons. The van der Waals surface area contributed by atoms with Gasteiger partial charge in [0.2, 0.25) is 0 Å². The summed E-state index contributed by atoms with van der Waals surface area (Å²) >= 11 is 0. The van der Waals surface area contributed by atoms with Crippen molar-refractivity contribution in [1.29, 1.82) is 0 Å². The first-order chi connectivity index (χ1) is 8.77. The van der Waals surface area contributed by atoms with Crippen LogP contribution in [0.15, 0.2) is 12.1 Å². The van der Waals surface area contributed by atoms with E-state index in [2.05, 4.69) is 0 Å². The number of ether oxygens (including phenoxy) is 1. The lowest BCUT2D eigenvalue weighted by molar-refractivity contribution is -0.148. The number of aliphatic carboxylic acids is 1. The summed E-state index contributed by atoms with van der Waals surface area (Å²) in [6.45, 7) is 8.02. The zero-order valence-electron chi connectivity index (χ0n) is 12.1. The van der Waals surface area contributed by atoms with Crippen molar-refractivity contribution in [2.75, 3.05) is 13.2 Å². The minimum absolute atomic E-state index is 0.153. The normalized spacial score (nSPS) is 11.4. The SMILES string of the molecule is Cc1cc(CCN)cc(C)c1OCC(C)(C)C(=O)O. The van der Waals surface area contributed by atoms with Crippen molar-refractivity contribution in [2.45, 2.75) is 34.1 Å². The molecular weight excluding hydrogens is 242 g/mol. The molecule has 0 atom stereocenters. The molecule has 1 aromatic rings. The molecule has 0 bridgehead atoms. The molecule has 0 heterocycles. The number of aryl methyl sites for hydroxylation is 2. The van der Waals surface area contributed by atoms with Gasteiger partial charge < -0.3 is 15.6 Å². The minimum atomic E-state index is -0.894. The van der Waals surface area contributed by atoms with E-state index in [4.69, 9.17) is 15.6 Å². The van der Waals surface area contributed by atoms with Gasteiger partial charge in [-0.2, -0.15) is 0 Å². The average Bonchev–Trinajstić information content (AvgIpc) is 2.27. The highest BCUT2D eigenvalue weighted by molar-refractivity contribution is 5.73. The molecule has 0 fully saturated rings. The second-order valence-electron chi connectivity index (χ2n) is 5.58. The third-order valence-electron chi connectivity index (χ3n) is 3.11. The molecule has 0 saturated carbocycles. The van der Waals surface area contributed by atoms with Crippen LogP contribution in [-0.2, 0) is 11.2 Å². The molecule has 1 rings (SSSR count). The van der Waals surface area contributed by atoms with Crippen molar-refractivity contribution >= 4 is 5.97 Å². The van der Waals surface area contributed by atoms with Crippen molar-refractivity contribution < 1.29 is 14.6 Å². The topological polar surface area (TPSA) is 72.5 Å². The van der Waals surface area contributed by atoms with Crippen LogP contribution in [0.1, 0.15) is 30.5 Å². The van der Waals surface area contributed by atoms with Crippen LogP contribution in [-0.4, -0.2) is 24.2 Å². The third-order valence-corrected chi connectivity index (χ3v) is 3.11. The molecule has 0 aliphatic heterocycles. The van der Waals surface area contributed by atoms with Gasteiger partial charge in [-0.3, -0.25) is 4.79 Å². The maximum Gasteiger partial charge on any atom is 0.312 e. The van der Waals surface area contributed by atoms with E-state index in [1.54, 1.807) is 13.8 Å². The van der Waals surface area contributed by atoms with Gasteiger partial charge in [-0.15, -0.1) is 0 Å². The highest BCUT2D eigenvalue weighted by Gasteiger charge is 2.28. The number of carboxylic acids is 1. The van der Waals surface area contributed by atoms with Crippen molar-refractivity contribution in [3.05, 3.63) is 28.8 Å². The van der Waals surface area contributed by atoms with E-state index in [1.807, 2.05) is 26.0 Å². The average molecular weight is 265 g/mol. The largest absolute Gasteiger partial charge is 0.492 e. The zero-order valence-corrected chi connectivity index (χ0v) is 12.1. The Morgan fingerprint density at radius 2 is 1.84 bits per heavy atom. The van der Waals surface area contributed by atoms with E-state index in [0.29, 0.717) is 6.54 Å². The Hall–Kier alpha value is -1.55. The summed E-state index contributed by atoms with van der Waals surface area (Å²) in [5, 5.41) is 9.08. The number of carboxylic acid groups (broad SMARTS) is 1. The van der Waals surface area contributed by atoms with Crippen LogP contribution in [0, 0.1) is 19.3 Å². The summed E-state index contributed by atoms with van der Waals surface area (Å²) in [5.74, 6) is -0.0855. The van der Waals surface area contributed by atoms with E-state index in [0.717, 1.165) is 23.3 Å². The van der Waals surface area contributed by atoms with E-state index in [1.165, 1.54) is 5.56 Å². The molecular formula is C15H23NO3. The first-order valence-electron chi connectivity index (χ1n) is 6.44. The van der Waals surface area contributed by atoms with Crippen molar-refractivity contribution in [3.63, 3.8) is 0 Å². The number of rotatable bonds is 6. The van der Waals surface area contributed by atoms with Crippen LogP contribution in [0.5, 0.6) is 5.75 Å². The predicted molar refractivity (Wildman–Crippen MR) is 75.6 cm³/mol. The van der Waals surface area contributed by atoms with Gasteiger partial charge in [0.05, 0.1) is 5.41 Å². The number of benzene rings is 1. The van der Waals surface area contributed by atoms with E-state index >= 15 is 0 Å². The third kappa shape index (κ3) is 3.96. The maximum absolute atomic E-state index is 11.1. The summed E-state index contributed by atoms with van der Waals surface area (Å²) < 4.78 is 5.71. The van der Waals surface area contributed by atoms with E-state index in [9.17, 15) is 4.79 Å². The predicted octanol–water partition coefficient (Wildman–Crippen LogP) is 2.29. The van der Waals surface area contributed by atoms with Crippen molar-refractivity contribution in [3.8, 4) is 5.75 Å². The van der Waals surface area contributed by atoms with Gasteiger partial charge in [0, 0.05) is 0 Å². The fourth-order valence-corrected chi connectivity index (χ4v) is 1.89. The second-order valence-corrected chi connectivity index (χ2v) is 5.58. The van der Waals surface area contributed by atoms with Gasteiger partial charge in [-0.1, -0.05) is 12.1 Å². The summed E-state index contributed by atoms with van der Waals surface area (Å²) in [6, 6.07) is 4.09. The zero-order chi connectivity index (χ0) is 14.6. The lowest BCUT2D eigenvalue weighted by atomic mass is 9.95. The standard InChI is InChI=1S/C15H23NO3/c1-10-7-12(5-6-16)8-11(2)13(10)19-9-15(3,4)14(17)18/h7-8H,5-6,9,16H2,1-4H3,(H,17,18). The Labute approximate surface area is 114 Å². The van der Waals surface area contributed by atoms with Crippen LogP contribution in [0.4, 0.5) is 0 Å². The molecule has 0 radical (unpaired) electrons. The fraction of sp³-hybridized carbons (Fsp3) is 0.533. The molecule has 0 aliphatic carbocycles. The Morgan fingerprint density at radius 1 is 1.32 bits per heavy atom. The van der Waals surface area contributed by atoms with Gasteiger partial charge in [0.15, 0.2) is 0 Å². The Bertz CT molecular complexity index is 443. The smallest absolute Gasteiger partial charge is 0.312 e. The highest BCUT2D eigenvalue weighted by atomic mass is 16.5. The Balaban J connectivity index is 2.88. The Morgan fingerprint density at radius 3 is 2.26 bits per heavy atom. The van der Waals surface area contributed by atoms with Crippen LogP contribution in [0.25, 0.3) is 0 Å². The number of nitrogens with two attached hydrogens (primary N) is 1. The van der Waals surface area contributed by atoms with Crippen LogP contribution < -0.4 is 10.5 Å². The molecule has 0 unspecified atom stereocenters. The summed E-state index contributed by atoms with van der Waals surface area (Å²) in [4.78, 5) is 11.1. The molecule has 0 amide bonds. The number of hydrogen-bond donors (Lipinski definition) is 2. The van der Waals surface area contributed by atoms with Gasteiger partial charge in [-0.05, 0) is 57.4 Å². The molecule has 0 saturated heterocycles. The molecule has 0 spiro atoms. The fourth-order valence-electron chi connectivity index (χ4n) is 1.89. The molecule has 3 N–H and O–H groups in total. The van der Waals surface area contributed by atoms with Gasteiger partial charge in [0.1, 0.15) is 12.4 Å². The lowest BCUT2D eigenvalue weighted by Crippen LogP contribution is -2.31. The lowest BCUT2D eigenvalue weighted by Gasteiger charge is -2.21. The molecule has 0 aromatic heterocycles. The summed E-state index contributed by atoms with van der Waals surface area (Å²) in [5.41, 5.74) is 7.88. The van der Waals surface area contributed by atoms with Crippen molar-refractivity contribution in [1.82, 2.24) is 0 Å². The van der Waals surface area contributed by atoms with E-state index < -0.39 is 11.4 Å². The molecule has 0 aliphatic rings. The molecule has 1 aromatic carbocycles. The monoisotopic (exact) mass is 265 g/mol. The first kappa shape index (κ1) is 15.5. The maximum atomic E-state index is 11.1. The first-order valence-corrected chi connectivity index (χ1v) is 6.44. The Kier molecular flexibility index (Phi) is 4.95. The van der Waals surface area contributed by atoms with Crippen LogP contribution in [0.2, 0.25) is 0 Å². The van der Waals surface area contributed by atoms with Crippen molar-refractivity contribution in [2.24, 2.45) is 11.1 Å². The van der Waals surface area contributed by atoms with Gasteiger partial charge in [0.25, 0.3) is 0 Å². The summed E-state index contributed by atoms with van der Waals surface area (Å²) in [6.07, 6.45) is 0.836. The summed E-state index contributed by atoms with van der Waals surface area (Å²) in [7, 11) is 0. The number of carbonyl (C=O) groups is 1. The minimum Gasteiger partial charge on any atom is -0.492 e. The molecule has 19 heavy (non-hydrogen) atoms. The van der Waals surface area contributed by atoms with Gasteiger partial charge in [-0.25, -0.2) is 0 Å². The molecule has 4 nitrogen and oxygen atoms in total. The van der Waals surface area contributed by atoms with Gasteiger partial charge >= 0.3 is 5.97 Å². The number of hydrogen-bond acceptors (Lipinski definition) is 3. The van der Waals surface area contributed by atoms with Crippen LogP contribution >= 0.6 is 0 Å². The highest BCUT2D eigenvalue weighted by Crippen LogP contribution is 2.27. The van der Waals surface area contributed by atoms with E-state index in [-0.39, 0.29) is 6.61 Å². The second kappa shape index (κ2) is 6.06. The van der Waals surface area contributed by atoms with Crippen LogP contribution in [0.3, 0.4) is 0 Å².